The third-order valence-electron chi connectivity index (χ3n) is 8.18. The summed E-state index contributed by atoms with van der Waals surface area (Å²) in [5, 5.41) is 8.53. The van der Waals surface area contributed by atoms with Crippen LogP contribution in [0, 0.1) is 11.8 Å². The number of alkyl carbamates (subject to hydrolysis) is 1. The van der Waals surface area contributed by atoms with Crippen LogP contribution in [0.5, 0.6) is 0 Å². The molecule has 0 bridgehead atoms. The second kappa shape index (κ2) is 15.0. The van der Waals surface area contributed by atoms with Crippen molar-refractivity contribution in [2.45, 2.75) is 96.1 Å². The molecular formula is C33H47N3O7S. The van der Waals surface area contributed by atoms with Crippen molar-refractivity contribution in [1.82, 2.24) is 16.0 Å². The summed E-state index contributed by atoms with van der Waals surface area (Å²) in [5.41, 5.74) is 1.66. The van der Waals surface area contributed by atoms with Gasteiger partial charge in [-0.2, -0.15) is 0 Å². The third-order valence-corrected chi connectivity index (χ3v) is 10.3. The van der Waals surface area contributed by atoms with Gasteiger partial charge in [-0.25, -0.2) is 13.2 Å². The lowest BCUT2D eigenvalue weighted by atomic mass is 9.93. The third kappa shape index (κ3) is 9.79. The van der Waals surface area contributed by atoms with Crippen molar-refractivity contribution in [3.8, 4) is 0 Å². The first kappa shape index (κ1) is 35.0. The van der Waals surface area contributed by atoms with Crippen molar-refractivity contribution in [1.29, 1.82) is 0 Å². The van der Waals surface area contributed by atoms with E-state index in [4.69, 9.17) is 9.47 Å². The molecule has 4 atom stereocenters. The maximum atomic E-state index is 13.8. The molecule has 1 fully saturated rings. The molecule has 3 N–H and O–H groups in total. The summed E-state index contributed by atoms with van der Waals surface area (Å²) in [4.78, 5) is 39.5. The van der Waals surface area contributed by atoms with Crippen LogP contribution in [0.25, 0.3) is 0 Å². The number of rotatable bonds is 15. The van der Waals surface area contributed by atoms with E-state index in [9.17, 15) is 22.8 Å². The second-order valence-corrected chi connectivity index (χ2v) is 15.3. The first-order valence-electron chi connectivity index (χ1n) is 15.1. The van der Waals surface area contributed by atoms with Crippen LogP contribution in [0.1, 0.15) is 59.1 Å². The van der Waals surface area contributed by atoms with Crippen molar-refractivity contribution in [3.05, 3.63) is 71.8 Å². The predicted molar refractivity (Wildman–Crippen MR) is 169 cm³/mol. The van der Waals surface area contributed by atoms with Crippen molar-refractivity contribution in [2.24, 2.45) is 11.8 Å². The Balaban J connectivity index is 1.77. The van der Waals surface area contributed by atoms with E-state index in [1.165, 1.54) is 13.8 Å². The zero-order chi connectivity index (χ0) is 32.7. The quantitative estimate of drug-likeness (QED) is 0.255. The Morgan fingerprint density at radius 3 is 1.93 bits per heavy atom. The molecule has 2 aromatic carbocycles. The van der Waals surface area contributed by atoms with Crippen LogP contribution in [0.3, 0.4) is 0 Å². The summed E-state index contributed by atoms with van der Waals surface area (Å²) < 4.78 is 35.2. The van der Waals surface area contributed by atoms with E-state index >= 15 is 0 Å². The molecule has 1 aliphatic rings. The van der Waals surface area contributed by atoms with Gasteiger partial charge >= 0.3 is 6.09 Å². The van der Waals surface area contributed by atoms with Crippen molar-refractivity contribution >= 4 is 27.7 Å². The van der Waals surface area contributed by atoms with Crippen molar-refractivity contribution in [2.75, 3.05) is 6.26 Å². The van der Waals surface area contributed by atoms with Gasteiger partial charge in [-0.05, 0) is 43.2 Å². The summed E-state index contributed by atoms with van der Waals surface area (Å²) in [5.74, 6) is -0.297. The molecule has 3 amide bonds. The molecule has 0 radical (unpaired) electrons. The average molecular weight is 630 g/mol. The van der Waals surface area contributed by atoms with Gasteiger partial charge in [-0.1, -0.05) is 88.4 Å². The Labute approximate surface area is 261 Å². The minimum absolute atomic E-state index is 0.0197. The summed E-state index contributed by atoms with van der Waals surface area (Å²) >= 11 is 0. The van der Waals surface area contributed by atoms with E-state index in [0.29, 0.717) is 6.42 Å². The lowest BCUT2D eigenvalue weighted by Gasteiger charge is -2.33. The standard InChI is InChI=1S/C33H47N3O7S/c1-21(2)28(22(3)4)35-27(37)19-26-29(43-26)25(18-23-14-10-8-11-15-23)34-31(38)30(33(5,6)44(7,40)41)36-32(39)42-20-24-16-12-9-13-17-24/h8-17,21-22,25-26,28-30H,18-20H2,1-7H3,(H,34,38)(H,35,37)(H,36,39)/t25-,26-,29+,30+/m0/s1. The lowest BCUT2D eigenvalue weighted by Crippen LogP contribution is -2.62. The maximum Gasteiger partial charge on any atom is 0.408 e. The Morgan fingerprint density at radius 2 is 1.41 bits per heavy atom. The smallest absolute Gasteiger partial charge is 0.408 e. The summed E-state index contributed by atoms with van der Waals surface area (Å²) in [6.07, 6.45) is -0.300. The monoisotopic (exact) mass is 629 g/mol. The predicted octanol–water partition coefficient (Wildman–Crippen LogP) is 3.79. The summed E-state index contributed by atoms with van der Waals surface area (Å²) in [6.45, 7) is 11.0. The molecule has 1 heterocycles. The van der Waals surface area contributed by atoms with E-state index in [-0.39, 0.29) is 36.8 Å². The molecule has 0 unspecified atom stereocenters. The van der Waals surface area contributed by atoms with E-state index in [1.54, 1.807) is 24.3 Å². The fraction of sp³-hybridized carbons (Fsp3) is 0.545. The van der Waals surface area contributed by atoms with Gasteiger partial charge in [-0.15, -0.1) is 0 Å². The highest BCUT2D eigenvalue weighted by molar-refractivity contribution is 7.92. The number of ether oxygens (including phenoxy) is 2. The van der Waals surface area contributed by atoms with Gasteiger partial charge in [0.05, 0.1) is 23.3 Å². The normalized spacial score (nSPS) is 18.0. The summed E-state index contributed by atoms with van der Waals surface area (Å²) in [6, 6.07) is 16.4. The molecule has 0 saturated carbocycles. The number of nitrogens with one attached hydrogen (secondary N) is 3. The first-order valence-corrected chi connectivity index (χ1v) is 16.9. The fourth-order valence-corrected chi connectivity index (χ4v) is 5.83. The molecule has 0 spiro atoms. The Hall–Kier alpha value is -3.44. The number of hydrogen-bond donors (Lipinski definition) is 3. The molecule has 10 nitrogen and oxygen atoms in total. The number of hydrogen-bond acceptors (Lipinski definition) is 7. The van der Waals surface area contributed by atoms with Gasteiger partial charge in [0.1, 0.15) is 18.8 Å². The van der Waals surface area contributed by atoms with Crippen LogP contribution in [0.2, 0.25) is 0 Å². The largest absolute Gasteiger partial charge is 0.445 e. The SMILES string of the molecule is CC(C)C(NC(=O)C[C@@H]1O[C@@H]1[C@H](Cc1ccccc1)NC(=O)[C@@H](NC(=O)OCc1ccccc1)C(C)(C)S(C)(=O)=O)C(C)C. The highest BCUT2D eigenvalue weighted by atomic mass is 32.2. The summed E-state index contributed by atoms with van der Waals surface area (Å²) in [7, 11) is -3.83. The van der Waals surface area contributed by atoms with Gasteiger partial charge in [-0.3, -0.25) is 9.59 Å². The molecule has 1 aliphatic heterocycles. The van der Waals surface area contributed by atoms with Crippen molar-refractivity contribution < 1.29 is 32.3 Å². The Morgan fingerprint density at radius 1 is 0.864 bits per heavy atom. The Bertz CT molecular complexity index is 1360. The molecule has 2 aromatic rings. The number of benzene rings is 2. The van der Waals surface area contributed by atoms with Crippen LogP contribution in [0.4, 0.5) is 4.79 Å². The molecule has 3 rings (SSSR count). The zero-order valence-corrected chi connectivity index (χ0v) is 27.5. The maximum absolute atomic E-state index is 13.8. The molecule has 0 aliphatic carbocycles. The number of carbonyl (C=O) groups is 3. The minimum atomic E-state index is -3.83. The van der Waals surface area contributed by atoms with Gasteiger partial charge in [0, 0.05) is 12.3 Å². The average Bonchev–Trinajstić information content (AvgIpc) is 3.72. The lowest BCUT2D eigenvalue weighted by molar-refractivity contribution is -0.124. The van der Waals surface area contributed by atoms with Gasteiger partial charge < -0.3 is 25.4 Å². The highest BCUT2D eigenvalue weighted by Crippen LogP contribution is 2.31. The fourth-order valence-electron chi connectivity index (χ4n) is 5.24. The van der Waals surface area contributed by atoms with Gasteiger partial charge in [0.2, 0.25) is 11.8 Å². The van der Waals surface area contributed by atoms with Crippen LogP contribution in [0.15, 0.2) is 60.7 Å². The van der Waals surface area contributed by atoms with E-state index in [1.807, 2.05) is 36.4 Å². The van der Waals surface area contributed by atoms with Gasteiger partial charge in [0.15, 0.2) is 9.84 Å². The number of sulfone groups is 1. The second-order valence-electron chi connectivity index (χ2n) is 12.7. The first-order chi connectivity index (χ1) is 20.6. The van der Waals surface area contributed by atoms with Crippen LogP contribution in [-0.2, 0) is 41.9 Å². The molecule has 11 heteroatoms. The van der Waals surface area contributed by atoms with Gasteiger partial charge in [0.25, 0.3) is 0 Å². The zero-order valence-electron chi connectivity index (χ0n) is 26.7. The minimum Gasteiger partial charge on any atom is -0.445 e. The Kier molecular flexibility index (Phi) is 12.0. The molecule has 242 valence electrons. The molecule has 0 aromatic heterocycles. The van der Waals surface area contributed by atoms with E-state index in [2.05, 4.69) is 43.6 Å². The van der Waals surface area contributed by atoms with Crippen molar-refractivity contribution in [3.63, 3.8) is 0 Å². The van der Waals surface area contributed by atoms with Crippen LogP contribution in [-0.4, -0.2) is 67.7 Å². The van der Waals surface area contributed by atoms with Crippen LogP contribution >= 0.6 is 0 Å². The molecular weight excluding hydrogens is 582 g/mol. The van der Waals surface area contributed by atoms with E-state index in [0.717, 1.165) is 17.4 Å². The van der Waals surface area contributed by atoms with Crippen LogP contribution < -0.4 is 16.0 Å². The molecule has 1 saturated heterocycles. The highest BCUT2D eigenvalue weighted by Gasteiger charge is 2.49. The number of carbonyl (C=O) groups excluding carboxylic acids is 3. The number of epoxide rings is 1. The molecule has 44 heavy (non-hydrogen) atoms. The number of amides is 3. The van der Waals surface area contributed by atoms with E-state index < -0.39 is 50.9 Å². The topological polar surface area (TPSA) is 143 Å².